The molecule has 0 radical (unpaired) electrons. The second-order valence-corrected chi connectivity index (χ2v) is 6.97. The van der Waals surface area contributed by atoms with Crippen LogP contribution >= 0.6 is 0 Å². The minimum atomic E-state index is -3.99. The van der Waals surface area contributed by atoms with E-state index in [0.717, 1.165) is 18.6 Å². The topological polar surface area (TPSA) is 63.4 Å². The second kappa shape index (κ2) is 5.75. The smallest absolute Gasteiger partial charge is 0.246 e. The zero-order chi connectivity index (χ0) is 14.9. The first-order chi connectivity index (χ1) is 9.34. The Morgan fingerprint density at radius 3 is 2.65 bits per heavy atom. The predicted molar refractivity (Wildman–Crippen MR) is 71.5 cm³/mol. The van der Waals surface area contributed by atoms with Crippen molar-refractivity contribution in [2.75, 3.05) is 6.54 Å². The van der Waals surface area contributed by atoms with E-state index in [1.54, 1.807) is 6.92 Å². The van der Waals surface area contributed by atoms with Gasteiger partial charge in [0.25, 0.3) is 0 Å². The van der Waals surface area contributed by atoms with Crippen LogP contribution in [0.5, 0.6) is 0 Å². The van der Waals surface area contributed by atoms with Crippen LogP contribution in [-0.4, -0.2) is 31.4 Å². The van der Waals surface area contributed by atoms with E-state index in [1.807, 2.05) is 0 Å². The maximum Gasteiger partial charge on any atom is 0.246 e. The minimum absolute atomic E-state index is 0.311. The molecule has 1 aliphatic heterocycles. The van der Waals surface area contributed by atoms with Gasteiger partial charge in [0.1, 0.15) is 16.5 Å². The molecule has 20 heavy (non-hydrogen) atoms. The molecule has 4 nitrogen and oxygen atoms in total. The summed E-state index contributed by atoms with van der Waals surface area (Å²) in [6, 6.07) is 1.80. The lowest BCUT2D eigenvalue weighted by Gasteiger charge is -2.36. The second-order valence-electron chi connectivity index (χ2n) is 5.11. The molecule has 0 aromatic heterocycles. The number of nitrogens with zero attached hydrogens (tertiary/aromatic N) is 1. The van der Waals surface area contributed by atoms with Gasteiger partial charge in [-0.15, -0.1) is 0 Å². The van der Waals surface area contributed by atoms with Crippen LogP contribution in [0.15, 0.2) is 23.1 Å². The Balaban J connectivity index is 2.42. The Morgan fingerprint density at radius 2 is 2.05 bits per heavy atom. The lowest BCUT2D eigenvalue weighted by atomic mass is 10.00. The highest BCUT2D eigenvalue weighted by Crippen LogP contribution is 2.28. The van der Waals surface area contributed by atoms with Crippen molar-refractivity contribution in [3.05, 3.63) is 29.8 Å². The van der Waals surface area contributed by atoms with Gasteiger partial charge in [0.2, 0.25) is 10.0 Å². The van der Waals surface area contributed by atoms with E-state index in [1.165, 1.54) is 4.31 Å². The molecule has 0 aliphatic carbocycles. The first-order valence-corrected chi connectivity index (χ1v) is 8.00. The quantitative estimate of drug-likeness (QED) is 0.927. The summed E-state index contributed by atoms with van der Waals surface area (Å²) in [6.45, 7) is 2.05. The maximum absolute atomic E-state index is 13.8. The molecule has 0 amide bonds. The van der Waals surface area contributed by atoms with E-state index in [4.69, 9.17) is 5.73 Å². The maximum atomic E-state index is 13.8. The summed E-state index contributed by atoms with van der Waals surface area (Å²) in [5.41, 5.74) is 5.83. The predicted octanol–water partition coefficient (Wildman–Crippen LogP) is 1.86. The molecular weight excluding hydrogens is 286 g/mol. The Morgan fingerprint density at radius 1 is 1.35 bits per heavy atom. The standard InChI is InChI=1S/C13H18F2N2O2S/c1-9(16)12-4-2-3-7-17(12)20(18,19)13-6-5-10(14)8-11(13)15/h5-6,8-9,12H,2-4,7,16H2,1H3. The number of rotatable bonds is 3. The van der Waals surface area contributed by atoms with E-state index in [-0.39, 0.29) is 12.1 Å². The Kier molecular flexibility index (Phi) is 4.41. The van der Waals surface area contributed by atoms with Crippen molar-refractivity contribution in [3.8, 4) is 0 Å². The van der Waals surface area contributed by atoms with Crippen molar-refractivity contribution in [2.24, 2.45) is 5.73 Å². The molecule has 1 aliphatic rings. The van der Waals surface area contributed by atoms with Gasteiger partial charge in [-0.3, -0.25) is 0 Å². The lowest BCUT2D eigenvalue weighted by molar-refractivity contribution is 0.226. The number of hydrogen-bond donors (Lipinski definition) is 1. The molecule has 2 rings (SSSR count). The fourth-order valence-corrected chi connectivity index (χ4v) is 4.39. The summed E-state index contributed by atoms with van der Waals surface area (Å²) in [4.78, 5) is -0.494. The molecule has 0 spiro atoms. The average molecular weight is 304 g/mol. The summed E-state index contributed by atoms with van der Waals surface area (Å²) in [5.74, 6) is -1.87. The third kappa shape index (κ3) is 2.84. The first kappa shape index (κ1) is 15.3. The molecule has 0 bridgehead atoms. The lowest BCUT2D eigenvalue weighted by Crippen LogP contribution is -2.51. The molecule has 0 saturated carbocycles. The van der Waals surface area contributed by atoms with Gasteiger partial charge in [0, 0.05) is 24.7 Å². The fourth-order valence-electron chi connectivity index (χ4n) is 2.57. The molecule has 1 aromatic carbocycles. The van der Waals surface area contributed by atoms with Crippen LogP contribution in [0.25, 0.3) is 0 Å². The molecular formula is C13H18F2N2O2S. The number of benzene rings is 1. The van der Waals surface area contributed by atoms with Crippen LogP contribution in [-0.2, 0) is 10.0 Å². The summed E-state index contributed by atoms with van der Waals surface area (Å²) in [6.07, 6.45) is 2.26. The number of hydrogen-bond acceptors (Lipinski definition) is 3. The van der Waals surface area contributed by atoms with Gasteiger partial charge in [-0.2, -0.15) is 4.31 Å². The molecule has 1 aromatic rings. The van der Waals surface area contributed by atoms with E-state index >= 15 is 0 Å². The van der Waals surface area contributed by atoms with Gasteiger partial charge in [-0.05, 0) is 31.9 Å². The Bertz CT molecular complexity index is 590. The zero-order valence-corrected chi connectivity index (χ0v) is 12.0. The van der Waals surface area contributed by atoms with Crippen LogP contribution in [0.1, 0.15) is 26.2 Å². The third-order valence-electron chi connectivity index (χ3n) is 3.59. The van der Waals surface area contributed by atoms with Crippen molar-refractivity contribution in [3.63, 3.8) is 0 Å². The molecule has 7 heteroatoms. The highest BCUT2D eigenvalue weighted by Gasteiger charge is 2.36. The van der Waals surface area contributed by atoms with Gasteiger partial charge in [-0.1, -0.05) is 6.42 Å². The SMILES string of the molecule is CC(N)C1CCCCN1S(=O)(=O)c1ccc(F)cc1F. The van der Waals surface area contributed by atoms with E-state index < -0.39 is 26.6 Å². The number of halogens is 2. The first-order valence-electron chi connectivity index (χ1n) is 6.56. The highest BCUT2D eigenvalue weighted by atomic mass is 32.2. The van der Waals surface area contributed by atoms with Gasteiger partial charge >= 0.3 is 0 Å². The van der Waals surface area contributed by atoms with E-state index in [0.29, 0.717) is 25.5 Å². The summed E-state index contributed by atoms with van der Waals surface area (Å²) < 4.78 is 53.0. The van der Waals surface area contributed by atoms with Gasteiger partial charge in [-0.25, -0.2) is 17.2 Å². The molecule has 2 unspecified atom stereocenters. The van der Waals surface area contributed by atoms with Crippen LogP contribution in [0.2, 0.25) is 0 Å². The number of nitrogens with two attached hydrogens (primary N) is 1. The van der Waals surface area contributed by atoms with Crippen molar-refractivity contribution in [2.45, 2.75) is 43.2 Å². The average Bonchev–Trinajstić information content (AvgIpc) is 2.38. The Labute approximate surface area is 117 Å². The van der Waals surface area contributed by atoms with E-state index in [9.17, 15) is 17.2 Å². The molecule has 112 valence electrons. The third-order valence-corrected chi connectivity index (χ3v) is 5.54. The molecule has 1 saturated heterocycles. The summed E-state index contributed by atoms with van der Waals surface area (Å²) >= 11 is 0. The van der Waals surface area contributed by atoms with E-state index in [2.05, 4.69) is 0 Å². The zero-order valence-electron chi connectivity index (χ0n) is 11.2. The molecule has 2 N–H and O–H groups in total. The van der Waals surface area contributed by atoms with Crippen LogP contribution < -0.4 is 5.73 Å². The molecule has 1 fully saturated rings. The monoisotopic (exact) mass is 304 g/mol. The number of piperidine rings is 1. The van der Waals surface area contributed by atoms with Crippen LogP contribution in [0, 0.1) is 11.6 Å². The van der Waals surface area contributed by atoms with Crippen LogP contribution in [0.4, 0.5) is 8.78 Å². The number of sulfonamides is 1. The largest absolute Gasteiger partial charge is 0.326 e. The van der Waals surface area contributed by atoms with Gasteiger partial charge in [0.05, 0.1) is 0 Å². The Hall–Kier alpha value is -1.05. The fraction of sp³-hybridized carbons (Fsp3) is 0.538. The molecule has 1 heterocycles. The van der Waals surface area contributed by atoms with Crippen molar-refractivity contribution in [1.82, 2.24) is 4.31 Å². The van der Waals surface area contributed by atoms with Gasteiger partial charge < -0.3 is 5.73 Å². The summed E-state index contributed by atoms with van der Waals surface area (Å²) in [5, 5.41) is 0. The van der Waals surface area contributed by atoms with Gasteiger partial charge in [0.15, 0.2) is 0 Å². The summed E-state index contributed by atoms with van der Waals surface area (Å²) in [7, 11) is -3.99. The minimum Gasteiger partial charge on any atom is -0.326 e. The molecule has 2 atom stereocenters. The van der Waals surface area contributed by atoms with Crippen LogP contribution in [0.3, 0.4) is 0 Å². The normalized spacial score (nSPS) is 22.7. The van der Waals surface area contributed by atoms with Crippen molar-refractivity contribution < 1.29 is 17.2 Å². The highest BCUT2D eigenvalue weighted by molar-refractivity contribution is 7.89. The van der Waals surface area contributed by atoms with Crippen molar-refractivity contribution in [1.29, 1.82) is 0 Å². The van der Waals surface area contributed by atoms with Crippen molar-refractivity contribution >= 4 is 10.0 Å².